The highest BCUT2D eigenvalue weighted by Crippen LogP contribution is 2.30. The largest absolute Gasteiger partial charge is 0.485 e. The number of thiazole rings is 1. The van der Waals surface area contributed by atoms with Crippen molar-refractivity contribution in [2.75, 3.05) is 24.3 Å². The van der Waals surface area contributed by atoms with E-state index in [1.807, 2.05) is 18.2 Å². The summed E-state index contributed by atoms with van der Waals surface area (Å²) in [6, 6.07) is 11.4. The summed E-state index contributed by atoms with van der Waals surface area (Å²) in [5.41, 5.74) is 10.8. The molecular weight excluding hydrogens is 410 g/mol. The summed E-state index contributed by atoms with van der Waals surface area (Å²) >= 11 is 1.56. The van der Waals surface area contributed by atoms with Gasteiger partial charge in [-0.2, -0.15) is 0 Å². The quantitative estimate of drug-likeness (QED) is 0.409. The zero-order valence-corrected chi connectivity index (χ0v) is 16.5. The Balaban J connectivity index is 1.56. The fraction of sp³-hybridized carbons (Fsp3) is 0.143. The topological polar surface area (TPSA) is 93.3 Å². The van der Waals surface area contributed by atoms with E-state index in [0.717, 1.165) is 27.9 Å². The van der Waals surface area contributed by atoms with Crippen molar-refractivity contribution in [1.29, 1.82) is 0 Å². The zero-order chi connectivity index (χ0) is 21.1. The van der Waals surface area contributed by atoms with E-state index in [1.165, 1.54) is 0 Å². The molecule has 4 N–H and O–H groups in total. The summed E-state index contributed by atoms with van der Waals surface area (Å²) in [5, 5.41) is 11.9. The minimum Gasteiger partial charge on any atom is -0.485 e. The van der Waals surface area contributed by atoms with E-state index in [4.69, 9.17) is 15.6 Å². The van der Waals surface area contributed by atoms with Gasteiger partial charge in [0.2, 0.25) is 0 Å². The van der Waals surface area contributed by atoms with Gasteiger partial charge in [-0.1, -0.05) is 6.07 Å². The first-order valence-electron chi connectivity index (χ1n) is 9.11. The van der Waals surface area contributed by atoms with Gasteiger partial charge in [-0.15, -0.1) is 11.3 Å². The van der Waals surface area contributed by atoms with Crippen molar-refractivity contribution in [3.8, 4) is 17.0 Å². The number of aliphatic hydroxyl groups excluding tert-OH is 1. The lowest BCUT2D eigenvalue weighted by molar-refractivity contribution is 0.191. The highest BCUT2D eigenvalue weighted by molar-refractivity contribution is 7.16. The van der Waals surface area contributed by atoms with E-state index in [2.05, 4.69) is 15.3 Å². The molecule has 0 spiro atoms. The molecule has 0 bridgehead atoms. The van der Waals surface area contributed by atoms with Gasteiger partial charge in [0.05, 0.1) is 33.7 Å². The SMILES string of the molecule is Nc1ccc(-c2cc(F)c(OCCO)c(F)c2)nc1NCc1ccc2ncsc2c1. The second-order valence-corrected chi connectivity index (χ2v) is 7.37. The summed E-state index contributed by atoms with van der Waals surface area (Å²) in [5.74, 6) is -1.85. The number of halogens is 2. The maximum Gasteiger partial charge on any atom is 0.190 e. The van der Waals surface area contributed by atoms with Crippen LogP contribution in [0.4, 0.5) is 20.3 Å². The van der Waals surface area contributed by atoms with Gasteiger partial charge in [-0.3, -0.25) is 0 Å². The Morgan fingerprint density at radius 1 is 1.10 bits per heavy atom. The number of nitrogen functional groups attached to an aromatic ring is 1. The van der Waals surface area contributed by atoms with Crippen LogP contribution >= 0.6 is 11.3 Å². The van der Waals surface area contributed by atoms with E-state index in [0.29, 0.717) is 23.7 Å². The molecule has 0 aliphatic carbocycles. The molecular formula is C21H18F2N4O2S. The third-order valence-electron chi connectivity index (χ3n) is 4.41. The van der Waals surface area contributed by atoms with Crippen LogP contribution < -0.4 is 15.8 Å². The number of anilines is 2. The molecule has 30 heavy (non-hydrogen) atoms. The summed E-state index contributed by atoms with van der Waals surface area (Å²) in [6.45, 7) is -0.0645. The third kappa shape index (κ3) is 4.17. The van der Waals surface area contributed by atoms with Gasteiger partial charge < -0.3 is 20.9 Å². The summed E-state index contributed by atoms with van der Waals surface area (Å²) in [4.78, 5) is 8.68. The molecule has 4 rings (SSSR count). The van der Waals surface area contributed by atoms with Gasteiger partial charge >= 0.3 is 0 Å². The molecule has 0 aliphatic heterocycles. The Hall–Kier alpha value is -3.30. The van der Waals surface area contributed by atoms with E-state index < -0.39 is 17.4 Å². The second kappa shape index (κ2) is 8.60. The van der Waals surface area contributed by atoms with Crippen LogP contribution in [0.3, 0.4) is 0 Å². The number of hydrogen-bond donors (Lipinski definition) is 3. The van der Waals surface area contributed by atoms with Crippen LogP contribution in [0.5, 0.6) is 5.75 Å². The standard InChI is InChI=1S/C21H18F2N4O2S/c22-14-8-13(9-15(23)20(14)29-6-5-28)17-4-2-16(24)21(27-17)25-10-12-1-3-18-19(7-12)30-11-26-18/h1-4,7-9,11,28H,5-6,10,24H2,(H,25,27). The van der Waals surface area contributed by atoms with Gasteiger partial charge in [0, 0.05) is 12.1 Å². The van der Waals surface area contributed by atoms with Crippen molar-refractivity contribution in [3.63, 3.8) is 0 Å². The van der Waals surface area contributed by atoms with Gasteiger partial charge in [0.15, 0.2) is 17.4 Å². The first kappa shape index (κ1) is 20.0. The first-order valence-corrected chi connectivity index (χ1v) is 9.98. The zero-order valence-electron chi connectivity index (χ0n) is 15.7. The summed E-state index contributed by atoms with van der Waals surface area (Å²) < 4.78 is 34.5. The predicted molar refractivity (Wildman–Crippen MR) is 114 cm³/mol. The number of nitrogens with two attached hydrogens (primary N) is 1. The number of pyridine rings is 1. The number of nitrogens with zero attached hydrogens (tertiary/aromatic N) is 2. The Morgan fingerprint density at radius 2 is 1.90 bits per heavy atom. The molecule has 0 amide bonds. The fourth-order valence-electron chi connectivity index (χ4n) is 2.96. The van der Waals surface area contributed by atoms with Crippen molar-refractivity contribution in [3.05, 3.63) is 65.2 Å². The Labute approximate surface area is 175 Å². The van der Waals surface area contributed by atoms with Crippen molar-refractivity contribution in [2.24, 2.45) is 0 Å². The molecule has 0 saturated heterocycles. The minimum absolute atomic E-state index is 0.200. The molecule has 0 radical (unpaired) electrons. The van der Waals surface area contributed by atoms with Crippen LogP contribution in [0.2, 0.25) is 0 Å². The van der Waals surface area contributed by atoms with Crippen molar-refractivity contribution in [1.82, 2.24) is 9.97 Å². The van der Waals surface area contributed by atoms with Gasteiger partial charge in [0.25, 0.3) is 0 Å². The average molecular weight is 428 g/mol. The Kier molecular flexibility index (Phi) is 5.73. The minimum atomic E-state index is -0.871. The summed E-state index contributed by atoms with van der Waals surface area (Å²) in [6.07, 6.45) is 0. The van der Waals surface area contributed by atoms with Crippen LogP contribution in [0.1, 0.15) is 5.56 Å². The maximum absolute atomic E-state index is 14.3. The molecule has 2 heterocycles. The molecule has 9 heteroatoms. The van der Waals surface area contributed by atoms with Crippen LogP contribution in [0.25, 0.3) is 21.5 Å². The number of ether oxygens (including phenoxy) is 1. The molecule has 2 aromatic carbocycles. The number of nitrogens with one attached hydrogen (secondary N) is 1. The molecule has 0 unspecified atom stereocenters. The number of hydrogen-bond acceptors (Lipinski definition) is 7. The Bertz CT molecular complexity index is 1180. The molecule has 0 atom stereocenters. The van der Waals surface area contributed by atoms with E-state index >= 15 is 0 Å². The lowest BCUT2D eigenvalue weighted by Gasteiger charge is -2.12. The molecule has 0 fully saturated rings. The number of fused-ring (bicyclic) bond motifs is 1. The van der Waals surface area contributed by atoms with E-state index in [-0.39, 0.29) is 18.8 Å². The van der Waals surface area contributed by atoms with E-state index in [9.17, 15) is 8.78 Å². The van der Waals surface area contributed by atoms with Crippen molar-refractivity contribution < 1.29 is 18.6 Å². The normalized spacial score (nSPS) is 11.0. The number of aliphatic hydroxyl groups is 1. The van der Waals surface area contributed by atoms with Crippen LogP contribution in [-0.2, 0) is 6.54 Å². The Morgan fingerprint density at radius 3 is 2.67 bits per heavy atom. The monoisotopic (exact) mass is 428 g/mol. The van der Waals surface area contributed by atoms with E-state index in [1.54, 1.807) is 29.0 Å². The predicted octanol–water partition coefficient (Wildman–Crippen LogP) is 4.20. The van der Waals surface area contributed by atoms with Gasteiger partial charge in [0.1, 0.15) is 12.4 Å². The van der Waals surface area contributed by atoms with Crippen LogP contribution in [0.15, 0.2) is 48.0 Å². The number of aromatic nitrogens is 2. The number of rotatable bonds is 7. The maximum atomic E-state index is 14.3. The highest BCUT2D eigenvalue weighted by Gasteiger charge is 2.15. The first-order chi connectivity index (χ1) is 14.5. The highest BCUT2D eigenvalue weighted by atomic mass is 32.1. The lowest BCUT2D eigenvalue weighted by atomic mass is 10.1. The van der Waals surface area contributed by atoms with Crippen molar-refractivity contribution >= 4 is 33.1 Å². The second-order valence-electron chi connectivity index (χ2n) is 6.48. The molecule has 4 aromatic rings. The molecule has 6 nitrogen and oxygen atoms in total. The fourth-order valence-corrected chi connectivity index (χ4v) is 3.70. The average Bonchev–Trinajstić information content (AvgIpc) is 3.20. The number of benzene rings is 2. The van der Waals surface area contributed by atoms with Crippen molar-refractivity contribution in [2.45, 2.75) is 6.54 Å². The van der Waals surface area contributed by atoms with Crippen LogP contribution in [0, 0.1) is 11.6 Å². The molecule has 0 aliphatic rings. The molecule has 0 saturated carbocycles. The molecule has 2 aromatic heterocycles. The smallest absolute Gasteiger partial charge is 0.190 e. The van der Waals surface area contributed by atoms with Crippen LogP contribution in [-0.4, -0.2) is 28.3 Å². The van der Waals surface area contributed by atoms with Gasteiger partial charge in [-0.05, 0) is 42.0 Å². The van der Waals surface area contributed by atoms with Gasteiger partial charge in [-0.25, -0.2) is 18.7 Å². The summed E-state index contributed by atoms with van der Waals surface area (Å²) in [7, 11) is 0. The third-order valence-corrected chi connectivity index (χ3v) is 5.21. The lowest BCUT2D eigenvalue weighted by Crippen LogP contribution is -2.06. The molecule has 154 valence electrons.